The Morgan fingerprint density at radius 2 is 1.70 bits per heavy atom. The number of imide groups is 1. The van der Waals surface area contributed by atoms with Crippen LogP contribution in [0.25, 0.3) is 0 Å². The average molecular weight is 560 g/mol. The molecule has 40 heavy (non-hydrogen) atoms. The van der Waals surface area contributed by atoms with E-state index in [4.69, 9.17) is 4.74 Å². The molecule has 11 heteroatoms. The summed E-state index contributed by atoms with van der Waals surface area (Å²) in [5.41, 5.74) is -0.608. The minimum Gasteiger partial charge on any atom is -0.497 e. The third-order valence-electron chi connectivity index (χ3n) is 6.15. The van der Waals surface area contributed by atoms with Gasteiger partial charge in [-0.3, -0.25) is 9.59 Å². The molecule has 2 N–H and O–H groups in total. The van der Waals surface area contributed by atoms with Crippen molar-refractivity contribution in [2.45, 2.75) is 45.5 Å². The molecule has 4 amide bonds. The van der Waals surface area contributed by atoms with E-state index in [1.54, 1.807) is 31.2 Å². The van der Waals surface area contributed by atoms with Crippen molar-refractivity contribution in [3.05, 3.63) is 94.8 Å². The predicted molar refractivity (Wildman–Crippen MR) is 141 cm³/mol. The van der Waals surface area contributed by atoms with E-state index >= 15 is 0 Å². The second kappa shape index (κ2) is 12.6. The van der Waals surface area contributed by atoms with Crippen LogP contribution in [0, 0.1) is 12.7 Å². The summed E-state index contributed by atoms with van der Waals surface area (Å²) in [6.07, 6.45) is -5.40. The number of rotatable bonds is 7. The highest BCUT2D eigenvalue weighted by atomic mass is 19.4. The maximum atomic E-state index is 14.5. The molecule has 1 aliphatic rings. The number of urea groups is 1. The van der Waals surface area contributed by atoms with E-state index in [1.165, 1.54) is 31.4 Å². The topological polar surface area (TPSA) is 87.7 Å². The number of halogens is 4. The molecule has 0 spiro atoms. The summed E-state index contributed by atoms with van der Waals surface area (Å²) in [4.78, 5) is 40.3. The van der Waals surface area contributed by atoms with Gasteiger partial charge in [-0.25, -0.2) is 14.1 Å². The smallest absolute Gasteiger partial charge is 0.416 e. The number of methoxy groups -OCH3 is 1. The third kappa shape index (κ3) is 6.59. The second-order valence-corrected chi connectivity index (χ2v) is 8.71. The fourth-order valence-electron chi connectivity index (χ4n) is 4.23. The lowest BCUT2D eigenvalue weighted by molar-refractivity contribution is -0.138. The number of hydrogen-bond donors (Lipinski definition) is 2. The maximum absolute atomic E-state index is 14.5. The van der Waals surface area contributed by atoms with Gasteiger partial charge in [-0.2, -0.15) is 13.2 Å². The van der Waals surface area contributed by atoms with Crippen molar-refractivity contribution in [3.63, 3.8) is 0 Å². The van der Waals surface area contributed by atoms with Crippen LogP contribution in [0.15, 0.2) is 66.7 Å². The maximum Gasteiger partial charge on any atom is 0.416 e. The zero-order chi connectivity index (χ0) is 29.6. The molecule has 0 saturated carbocycles. The number of alkyl halides is 3. The van der Waals surface area contributed by atoms with E-state index in [0.717, 1.165) is 18.2 Å². The lowest BCUT2D eigenvalue weighted by Gasteiger charge is -2.26. The van der Waals surface area contributed by atoms with E-state index < -0.39 is 53.9 Å². The van der Waals surface area contributed by atoms with E-state index in [9.17, 15) is 31.9 Å². The SMILES string of the molecule is CC.COc1ccc([C@H]2NC(=O)N(C(Cc3ccccc3C(F)(F)F)C(=O)Nc3ccc(C)cc3F)C2=O)cc1. The number of ether oxygens (including phenoxy) is 1. The summed E-state index contributed by atoms with van der Waals surface area (Å²) in [6, 6.07) is 10.9. The molecule has 3 aromatic rings. The molecular formula is C29H29F4N3O4. The van der Waals surface area contributed by atoms with Crippen LogP contribution in [0.2, 0.25) is 0 Å². The number of carbonyl (C=O) groups is 3. The number of nitrogens with zero attached hydrogens (tertiary/aromatic N) is 1. The molecule has 1 unspecified atom stereocenters. The molecule has 1 saturated heterocycles. The van der Waals surface area contributed by atoms with Gasteiger partial charge in [0, 0.05) is 6.42 Å². The van der Waals surface area contributed by atoms with Gasteiger partial charge in [0.05, 0.1) is 18.4 Å². The van der Waals surface area contributed by atoms with E-state index in [-0.39, 0.29) is 11.3 Å². The van der Waals surface area contributed by atoms with Crippen LogP contribution in [-0.2, 0) is 22.2 Å². The molecule has 1 heterocycles. The predicted octanol–water partition coefficient (Wildman–Crippen LogP) is 6.03. The first-order valence-electron chi connectivity index (χ1n) is 12.5. The van der Waals surface area contributed by atoms with Gasteiger partial charge < -0.3 is 15.4 Å². The van der Waals surface area contributed by atoms with Gasteiger partial charge in [0.2, 0.25) is 5.91 Å². The van der Waals surface area contributed by atoms with Crippen LogP contribution >= 0.6 is 0 Å². The highest BCUT2D eigenvalue weighted by Gasteiger charge is 2.46. The minimum absolute atomic E-state index is 0.242. The van der Waals surface area contributed by atoms with Crippen molar-refractivity contribution in [1.29, 1.82) is 0 Å². The molecule has 0 aromatic heterocycles. The summed E-state index contributed by atoms with van der Waals surface area (Å²) in [5, 5.41) is 4.79. The zero-order valence-electron chi connectivity index (χ0n) is 22.3. The first-order valence-corrected chi connectivity index (χ1v) is 12.5. The van der Waals surface area contributed by atoms with Gasteiger partial charge in [0.1, 0.15) is 23.7 Å². The number of amides is 4. The third-order valence-corrected chi connectivity index (χ3v) is 6.15. The van der Waals surface area contributed by atoms with Gasteiger partial charge in [0.25, 0.3) is 5.91 Å². The van der Waals surface area contributed by atoms with E-state index in [2.05, 4.69) is 10.6 Å². The highest BCUT2D eigenvalue weighted by molar-refractivity contribution is 6.09. The Bertz CT molecular complexity index is 1380. The number of hydrogen-bond acceptors (Lipinski definition) is 4. The van der Waals surface area contributed by atoms with Gasteiger partial charge in [-0.1, -0.05) is 50.2 Å². The molecule has 0 aliphatic carbocycles. The standard InChI is InChI=1S/C27H23F4N3O4.C2H6/c1-15-7-12-21(20(28)13-15)32-24(35)22(14-17-5-3-4-6-19(17)27(29,30)31)34-25(36)23(33-26(34)37)16-8-10-18(38-2)11-9-16;1-2/h3-13,22-23H,14H2,1-2H3,(H,32,35)(H,33,37);1-2H3/t22?,23-;/m1./s1. The number of nitrogens with one attached hydrogen (secondary N) is 2. The summed E-state index contributed by atoms with van der Waals surface area (Å²) < 4.78 is 60.6. The summed E-state index contributed by atoms with van der Waals surface area (Å²) in [5.74, 6) is -2.14. The zero-order valence-corrected chi connectivity index (χ0v) is 22.3. The molecule has 3 aromatic carbocycles. The monoisotopic (exact) mass is 559 g/mol. The minimum atomic E-state index is -4.75. The summed E-state index contributed by atoms with van der Waals surface area (Å²) in [7, 11) is 1.46. The van der Waals surface area contributed by atoms with Gasteiger partial charge in [0.15, 0.2) is 0 Å². The van der Waals surface area contributed by atoms with Gasteiger partial charge in [-0.15, -0.1) is 0 Å². The fourth-order valence-corrected chi connectivity index (χ4v) is 4.23. The Morgan fingerprint density at radius 1 is 1.05 bits per heavy atom. The molecule has 0 bridgehead atoms. The van der Waals surface area contributed by atoms with Crippen LogP contribution in [0.3, 0.4) is 0 Å². The van der Waals surface area contributed by atoms with Crippen molar-refractivity contribution in [1.82, 2.24) is 10.2 Å². The Kier molecular flexibility index (Phi) is 9.51. The normalized spacial score (nSPS) is 15.6. The fraction of sp³-hybridized carbons (Fsp3) is 0.276. The Morgan fingerprint density at radius 3 is 2.30 bits per heavy atom. The van der Waals surface area contributed by atoms with E-state index in [1.807, 2.05) is 13.8 Å². The number of aryl methyl sites for hydroxylation is 1. The quantitative estimate of drug-likeness (QED) is 0.273. The van der Waals surface area contributed by atoms with Gasteiger partial charge in [-0.05, 0) is 53.9 Å². The lowest BCUT2D eigenvalue weighted by atomic mass is 9.97. The molecule has 7 nitrogen and oxygen atoms in total. The highest BCUT2D eigenvalue weighted by Crippen LogP contribution is 2.34. The molecule has 212 valence electrons. The molecule has 0 radical (unpaired) electrons. The molecule has 1 fully saturated rings. The molecular weight excluding hydrogens is 530 g/mol. The van der Waals surface area contributed by atoms with Crippen LogP contribution in [0.5, 0.6) is 5.75 Å². The molecule has 2 atom stereocenters. The van der Waals surface area contributed by atoms with Gasteiger partial charge >= 0.3 is 12.2 Å². The van der Waals surface area contributed by atoms with Crippen molar-refractivity contribution < 1.29 is 36.7 Å². The van der Waals surface area contributed by atoms with Crippen molar-refractivity contribution >= 4 is 23.5 Å². The first kappa shape index (κ1) is 30.1. The Hall–Kier alpha value is -4.41. The van der Waals surface area contributed by atoms with Crippen molar-refractivity contribution in [2.75, 3.05) is 12.4 Å². The van der Waals surface area contributed by atoms with Crippen LogP contribution in [0.1, 0.15) is 42.1 Å². The first-order chi connectivity index (χ1) is 19.0. The summed E-state index contributed by atoms with van der Waals surface area (Å²) in [6.45, 7) is 5.64. The van der Waals surface area contributed by atoms with Crippen LogP contribution in [-0.4, -0.2) is 35.9 Å². The molecule has 1 aliphatic heterocycles. The van der Waals surface area contributed by atoms with Crippen molar-refractivity contribution in [3.8, 4) is 5.75 Å². The lowest BCUT2D eigenvalue weighted by Crippen LogP contribution is -2.49. The largest absolute Gasteiger partial charge is 0.497 e. The number of benzene rings is 3. The summed E-state index contributed by atoms with van der Waals surface area (Å²) >= 11 is 0. The average Bonchev–Trinajstić information content (AvgIpc) is 3.23. The van der Waals surface area contributed by atoms with Crippen molar-refractivity contribution in [2.24, 2.45) is 0 Å². The number of carbonyl (C=O) groups excluding carboxylic acids is 3. The Balaban J connectivity index is 0.00000216. The van der Waals surface area contributed by atoms with Crippen LogP contribution in [0.4, 0.5) is 28.0 Å². The Labute approximate surface area is 229 Å². The number of anilines is 1. The molecule has 4 rings (SSSR count). The van der Waals surface area contributed by atoms with E-state index in [0.29, 0.717) is 21.8 Å². The second-order valence-electron chi connectivity index (χ2n) is 8.71. The van der Waals surface area contributed by atoms with Crippen LogP contribution < -0.4 is 15.4 Å².